The van der Waals surface area contributed by atoms with Crippen LogP contribution in [0.15, 0.2) is 24.4 Å². The number of benzene rings is 1. The van der Waals surface area contributed by atoms with Gasteiger partial charge in [0.25, 0.3) is 0 Å². The average molecular weight is 287 g/mol. The number of nitrogens with zero attached hydrogens (tertiary/aromatic N) is 1. The van der Waals surface area contributed by atoms with Gasteiger partial charge in [-0.05, 0) is 50.7 Å². The van der Waals surface area contributed by atoms with Crippen molar-refractivity contribution in [2.75, 3.05) is 20.7 Å². The molecule has 1 fully saturated rings. The van der Waals surface area contributed by atoms with Crippen LogP contribution in [0.4, 0.5) is 4.79 Å². The standard InChI is InChI=1S/C16H21N3O2/c1-10(19(2)3)14-8-17-15-5-4-11(7-13(14)15)6-12-9-21-16(20)18-12/h4-5,7-8,10,12,17H,6,9H2,1-3H3,(H,18,20)/t10-,12-/m0/s1. The fourth-order valence-corrected chi connectivity index (χ4v) is 2.76. The van der Waals surface area contributed by atoms with E-state index in [4.69, 9.17) is 4.74 Å². The van der Waals surface area contributed by atoms with Gasteiger partial charge in [-0.1, -0.05) is 6.07 Å². The van der Waals surface area contributed by atoms with Crippen LogP contribution in [0.5, 0.6) is 0 Å². The highest BCUT2D eigenvalue weighted by Crippen LogP contribution is 2.28. The highest BCUT2D eigenvalue weighted by Gasteiger charge is 2.22. The van der Waals surface area contributed by atoms with Crippen molar-refractivity contribution in [2.45, 2.75) is 25.4 Å². The first-order valence-corrected chi connectivity index (χ1v) is 7.24. The number of carbonyl (C=O) groups is 1. The summed E-state index contributed by atoms with van der Waals surface area (Å²) in [6.07, 6.45) is 2.56. The predicted octanol–water partition coefficient (Wildman–Crippen LogP) is 2.44. The maximum atomic E-state index is 11.1. The summed E-state index contributed by atoms with van der Waals surface area (Å²) in [5, 5.41) is 4.07. The molecule has 2 aromatic rings. The minimum atomic E-state index is -0.315. The zero-order valence-electron chi connectivity index (χ0n) is 12.6. The number of aromatic nitrogens is 1. The first kappa shape index (κ1) is 13.9. The van der Waals surface area contributed by atoms with Crippen molar-refractivity contribution in [1.82, 2.24) is 15.2 Å². The molecule has 0 spiro atoms. The molecule has 2 N–H and O–H groups in total. The minimum absolute atomic E-state index is 0.0728. The molecule has 0 saturated carbocycles. The van der Waals surface area contributed by atoms with Crippen LogP contribution in [0.25, 0.3) is 10.9 Å². The Hall–Kier alpha value is -2.01. The van der Waals surface area contributed by atoms with Gasteiger partial charge in [-0.2, -0.15) is 0 Å². The SMILES string of the molecule is C[C@@H](c1c[nH]c2ccc(C[C@H]3COC(=O)N3)cc12)N(C)C. The van der Waals surface area contributed by atoms with Crippen LogP contribution >= 0.6 is 0 Å². The number of cyclic esters (lactones) is 1. The molecule has 112 valence electrons. The van der Waals surface area contributed by atoms with E-state index in [1.807, 2.05) is 0 Å². The predicted molar refractivity (Wildman–Crippen MR) is 82.4 cm³/mol. The third-order valence-corrected chi connectivity index (χ3v) is 4.22. The van der Waals surface area contributed by atoms with Gasteiger partial charge < -0.3 is 19.9 Å². The summed E-state index contributed by atoms with van der Waals surface area (Å²) < 4.78 is 4.94. The minimum Gasteiger partial charge on any atom is -0.447 e. The summed E-state index contributed by atoms with van der Waals surface area (Å²) in [7, 11) is 4.16. The molecule has 0 unspecified atom stereocenters. The van der Waals surface area contributed by atoms with E-state index < -0.39 is 0 Å². The zero-order valence-corrected chi connectivity index (χ0v) is 12.6. The number of rotatable bonds is 4. The molecule has 21 heavy (non-hydrogen) atoms. The van der Waals surface area contributed by atoms with Gasteiger partial charge in [-0.25, -0.2) is 4.79 Å². The Morgan fingerprint density at radius 2 is 2.24 bits per heavy atom. The molecule has 1 aromatic carbocycles. The molecule has 2 heterocycles. The Morgan fingerprint density at radius 3 is 2.90 bits per heavy atom. The van der Waals surface area contributed by atoms with Gasteiger partial charge in [-0.15, -0.1) is 0 Å². The van der Waals surface area contributed by atoms with Crippen molar-refractivity contribution < 1.29 is 9.53 Å². The number of carbonyl (C=O) groups excluding carboxylic acids is 1. The maximum absolute atomic E-state index is 11.1. The molecule has 0 aliphatic carbocycles. The molecule has 1 aliphatic rings. The second-order valence-corrected chi connectivity index (χ2v) is 5.91. The van der Waals surface area contributed by atoms with E-state index in [1.54, 1.807) is 0 Å². The molecule has 5 nitrogen and oxygen atoms in total. The Labute approximate surface area is 124 Å². The van der Waals surface area contributed by atoms with Gasteiger partial charge in [0.15, 0.2) is 0 Å². The van der Waals surface area contributed by atoms with Crippen molar-refractivity contribution in [3.8, 4) is 0 Å². The number of alkyl carbamates (subject to hydrolysis) is 1. The van der Waals surface area contributed by atoms with Gasteiger partial charge in [0.05, 0.1) is 6.04 Å². The smallest absolute Gasteiger partial charge is 0.407 e. The fourth-order valence-electron chi connectivity index (χ4n) is 2.76. The van der Waals surface area contributed by atoms with Crippen LogP contribution in [0.3, 0.4) is 0 Å². The number of hydrogen-bond acceptors (Lipinski definition) is 3. The van der Waals surface area contributed by atoms with Crippen molar-refractivity contribution >= 4 is 17.0 Å². The zero-order chi connectivity index (χ0) is 15.0. The van der Waals surface area contributed by atoms with Crippen LogP contribution in [0.1, 0.15) is 24.1 Å². The molecular weight excluding hydrogens is 266 g/mol. The van der Waals surface area contributed by atoms with Gasteiger partial charge in [0.1, 0.15) is 6.61 Å². The second-order valence-electron chi connectivity index (χ2n) is 5.91. The summed E-state index contributed by atoms with van der Waals surface area (Å²) in [5.41, 5.74) is 3.66. The lowest BCUT2D eigenvalue weighted by molar-refractivity contribution is 0.177. The summed E-state index contributed by atoms with van der Waals surface area (Å²) >= 11 is 0. The summed E-state index contributed by atoms with van der Waals surface area (Å²) in [6, 6.07) is 6.85. The topological polar surface area (TPSA) is 57.4 Å². The van der Waals surface area contributed by atoms with Crippen molar-refractivity contribution in [1.29, 1.82) is 0 Å². The van der Waals surface area contributed by atoms with E-state index in [2.05, 4.69) is 60.6 Å². The van der Waals surface area contributed by atoms with Gasteiger partial charge in [0, 0.05) is 23.1 Å². The lowest BCUT2D eigenvalue weighted by Crippen LogP contribution is -2.28. The third-order valence-electron chi connectivity index (χ3n) is 4.22. The Morgan fingerprint density at radius 1 is 1.43 bits per heavy atom. The number of hydrogen-bond donors (Lipinski definition) is 2. The number of aromatic amines is 1. The molecule has 1 saturated heterocycles. The number of H-pyrrole nitrogens is 1. The van der Waals surface area contributed by atoms with Crippen LogP contribution in [0, 0.1) is 0 Å². The van der Waals surface area contributed by atoms with E-state index in [0.717, 1.165) is 11.9 Å². The first-order valence-electron chi connectivity index (χ1n) is 7.24. The van der Waals surface area contributed by atoms with E-state index in [9.17, 15) is 4.79 Å². The number of amides is 1. The number of fused-ring (bicyclic) bond motifs is 1. The molecule has 5 heteroatoms. The van der Waals surface area contributed by atoms with Crippen LogP contribution < -0.4 is 5.32 Å². The summed E-state index contributed by atoms with van der Waals surface area (Å²) in [6.45, 7) is 2.64. The monoisotopic (exact) mass is 287 g/mol. The molecular formula is C16H21N3O2. The van der Waals surface area contributed by atoms with Gasteiger partial charge in [-0.3, -0.25) is 0 Å². The van der Waals surface area contributed by atoms with Crippen molar-refractivity contribution in [2.24, 2.45) is 0 Å². The van der Waals surface area contributed by atoms with Crippen molar-refractivity contribution in [3.63, 3.8) is 0 Å². The number of nitrogens with one attached hydrogen (secondary N) is 2. The van der Waals surface area contributed by atoms with E-state index >= 15 is 0 Å². The summed E-state index contributed by atoms with van der Waals surface area (Å²) in [4.78, 5) is 16.6. The van der Waals surface area contributed by atoms with Crippen molar-refractivity contribution in [3.05, 3.63) is 35.5 Å². The Bertz CT molecular complexity index is 663. The normalized spacial score (nSPS) is 19.8. The van der Waals surface area contributed by atoms with E-state index in [1.165, 1.54) is 16.5 Å². The molecule has 0 radical (unpaired) electrons. The number of ether oxygens (including phenoxy) is 1. The average Bonchev–Trinajstić information content (AvgIpc) is 3.04. The quantitative estimate of drug-likeness (QED) is 0.908. The Kier molecular flexibility index (Phi) is 3.59. The van der Waals surface area contributed by atoms with Gasteiger partial charge >= 0.3 is 6.09 Å². The second kappa shape index (κ2) is 5.41. The molecule has 3 rings (SSSR count). The highest BCUT2D eigenvalue weighted by atomic mass is 16.6. The van der Waals surface area contributed by atoms with Crippen LogP contribution in [-0.4, -0.2) is 42.7 Å². The van der Waals surface area contributed by atoms with E-state index in [0.29, 0.717) is 12.6 Å². The third kappa shape index (κ3) is 2.74. The fraction of sp³-hybridized carbons (Fsp3) is 0.438. The van der Waals surface area contributed by atoms with Crippen LogP contribution in [-0.2, 0) is 11.2 Å². The largest absolute Gasteiger partial charge is 0.447 e. The molecule has 1 amide bonds. The summed E-state index contributed by atoms with van der Waals surface area (Å²) in [5.74, 6) is 0. The molecule has 0 bridgehead atoms. The maximum Gasteiger partial charge on any atom is 0.407 e. The van der Waals surface area contributed by atoms with Crippen LogP contribution in [0.2, 0.25) is 0 Å². The molecule has 2 atom stereocenters. The lowest BCUT2D eigenvalue weighted by atomic mass is 10.0. The van der Waals surface area contributed by atoms with Gasteiger partial charge in [0.2, 0.25) is 0 Å². The first-order chi connectivity index (χ1) is 10.0. The van der Waals surface area contributed by atoms with E-state index in [-0.39, 0.29) is 12.1 Å². The highest BCUT2D eigenvalue weighted by molar-refractivity contribution is 5.84. The molecule has 1 aliphatic heterocycles. The Balaban J connectivity index is 1.88. The molecule has 1 aromatic heterocycles. The lowest BCUT2D eigenvalue weighted by Gasteiger charge is -2.19.